The Hall–Kier alpha value is -3.77. The van der Waals surface area contributed by atoms with E-state index in [-0.39, 0.29) is 26.2 Å². The molecule has 0 aromatic carbocycles. The van der Waals surface area contributed by atoms with E-state index in [1.54, 1.807) is 0 Å². The summed E-state index contributed by atoms with van der Waals surface area (Å²) in [5, 5.41) is 8.98. The summed E-state index contributed by atoms with van der Waals surface area (Å²) in [6.45, 7) is -0.470. The summed E-state index contributed by atoms with van der Waals surface area (Å²) in [7, 11) is 0. The molecule has 1 aliphatic heterocycles. The molecule has 0 spiro atoms. The van der Waals surface area contributed by atoms with Gasteiger partial charge in [-0.2, -0.15) is 0 Å². The second-order valence-electron chi connectivity index (χ2n) is 5.62. The van der Waals surface area contributed by atoms with E-state index in [1.807, 2.05) is 0 Å². The quantitative estimate of drug-likeness (QED) is 0.152. The summed E-state index contributed by atoms with van der Waals surface area (Å²) in [5.41, 5.74) is 0. The molecule has 13 heteroatoms. The first-order valence-electron chi connectivity index (χ1n) is 8.42. The molecule has 0 radical (unpaired) electrons. The molecule has 158 valence electrons. The molecule has 1 heterocycles. The van der Waals surface area contributed by atoms with Gasteiger partial charge in [0, 0.05) is 32.0 Å². The molecule has 0 aromatic heterocycles. The Labute approximate surface area is 165 Å². The minimum Gasteiger partial charge on any atom is -0.445 e. The second-order valence-corrected chi connectivity index (χ2v) is 5.62. The van der Waals surface area contributed by atoms with Crippen molar-refractivity contribution in [2.75, 3.05) is 32.9 Å². The van der Waals surface area contributed by atoms with Gasteiger partial charge in [0.25, 0.3) is 11.8 Å². The SMILES string of the molecule is CC(=O)OCNC(=O)CNC(=O)CNC(=O)CNC(=O)CCN1C(=O)C=CC1=O. The van der Waals surface area contributed by atoms with Gasteiger partial charge in [-0.05, 0) is 0 Å². The van der Waals surface area contributed by atoms with Crippen molar-refractivity contribution in [1.82, 2.24) is 26.2 Å². The van der Waals surface area contributed by atoms with Crippen molar-refractivity contribution < 1.29 is 38.3 Å². The molecule has 0 atom stereocenters. The first kappa shape index (κ1) is 23.3. The van der Waals surface area contributed by atoms with Crippen LogP contribution in [0.2, 0.25) is 0 Å². The van der Waals surface area contributed by atoms with Crippen LogP contribution in [0.5, 0.6) is 0 Å². The maximum atomic E-state index is 11.6. The van der Waals surface area contributed by atoms with Crippen LogP contribution in [0.25, 0.3) is 0 Å². The fourth-order valence-corrected chi connectivity index (χ4v) is 1.90. The zero-order valence-corrected chi connectivity index (χ0v) is 15.6. The Morgan fingerprint density at radius 2 is 1.24 bits per heavy atom. The lowest BCUT2D eigenvalue weighted by Crippen LogP contribution is -2.44. The summed E-state index contributed by atoms with van der Waals surface area (Å²) in [6.07, 6.45) is 2.03. The van der Waals surface area contributed by atoms with Crippen molar-refractivity contribution in [2.24, 2.45) is 0 Å². The number of carbonyl (C=O) groups excluding carboxylic acids is 7. The Morgan fingerprint density at radius 3 is 1.72 bits per heavy atom. The number of hydrogen-bond donors (Lipinski definition) is 4. The van der Waals surface area contributed by atoms with Crippen molar-refractivity contribution in [3.8, 4) is 0 Å². The minimum atomic E-state index is -0.650. The summed E-state index contributed by atoms with van der Waals surface area (Å²) < 4.78 is 4.49. The molecule has 1 rings (SSSR count). The van der Waals surface area contributed by atoms with E-state index in [0.29, 0.717) is 0 Å². The molecule has 0 aliphatic carbocycles. The largest absolute Gasteiger partial charge is 0.445 e. The van der Waals surface area contributed by atoms with Crippen molar-refractivity contribution in [1.29, 1.82) is 0 Å². The zero-order valence-electron chi connectivity index (χ0n) is 15.6. The fraction of sp³-hybridized carbons (Fsp3) is 0.438. The maximum absolute atomic E-state index is 11.6. The molecular weight excluding hydrogens is 390 g/mol. The van der Waals surface area contributed by atoms with Gasteiger partial charge in [0.15, 0.2) is 6.73 Å². The summed E-state index contributed by atoms with van der Waals surface area (Å²) in [6, 6.07) is 0. The van der Waals surface area contributed by atoms with Crippen LogP contribution in [-0.2, 0) is 38.3 Å². The van der Waals surface area contributed by atoms with Crippen LogP contribution in [-0.4, -0.2) is 79.2 Å². The number of rotatable bonds is 11. The Morgan fingerprint density at radius 1 is 0.793 bits per heavy atom. The number of hydrogen-bond acceptors (Lipinski definition) is 8. The normalized spacial score (nSPS) is 12.4. The molecule has 1 aliphatic rings. The average Bonchev–Trinajstić information content (AvgIpc) is 2.98. The fourth-order valence-electron chi connectivity index (χ4n) is 1.90. The van der Waals surface area contributed by atoms with Gasteiger partial charge in [0.05, 0.1) is 19.6 Å². The molecule has 29 heavy (non-hydrogen) atoms. The van der Waals surface area contributed by atoms with Gasteiger partial charge in [0.2, 0.25) is 23.6 Å². The van der Waals surface area contributed by atoms with Crippen LogP contribution in [0.4, 0.5) is 0 Å². The van der Waals surface area contributed by atoms with Crippen molar-refractivity contribution in [2.45, 2.75) is 13.3 Å². The smallest absolute Gasteiger partial charge is 0.304 e. The summed E-state index contributed by atoms with van der Waals surface area (Å²) in [5.74, 6) is -4.03. The topological polar surface area (TPSA) is 180 Å². The molecule has 4 N–H and O–H groups in total. The predicted octanol–water partition coefficient (Wildman–Crippen LogP) is -3.71. The van der Waals surface area contributed by atoms with Crippen molar-refractivity contribution in [3.05, 3.63) is 12.2 Å². The van der Waals surface area contributed by atoms with Crippen molar-refractivity contribution in [3.63, 3.8) is 0 Å². The lowest BCUT2D eigenvalue weighted by Gasteiger charge is -2.13. The van der Waals surface area contributed by atoms with Gasteiger partial charge in [-0.3, -0.25) is 38.5 Å². The summed E-state index contributed by atoms with van der Waals surface area (Å²) in [4.78, 5) is 80.2. The highest BCUT2D eigenvalue weighted by Crippen LogP contribution is 2.03. The molecule has 0 bridgehead atoms. The number of carbonyl (C=O) groups is 7. The zero-order chi connectivity index (χ0) is 21.8. The first-order valence-corrected chi connectivity index (χ1v) is 8.42. The number of amides is 6. The number of ether oxygens (including phenoxy) is 1. The van der Waals surface area contributed by atoms with Crippen LogP contribution in [0.15, 0.2) is 12.2 Å². The van der Waals surface area contributed by atoms with Gasteiger partial charge in [-0.25, -0.2) is 0 Å². The monoisotopic (exact) mass is 411 g/mol. The van der Waals surface area contributed by atoms with E-state index in [4.69, 9.17) is 0 Å². The van der Waals surface area contributed by atoms with Gasteiger partial charge < -0.3 is 26.0 Å². The maximum Gasteiger partial charge on any atom is 0.304 e. The van der Waals surface area contributed by atoms with Crippen LogP contribution >= 0.6 is 0 Å². The van der Waals surface area contributed by atoms with Crippen LogP contribution in [0.1, 0.15) is 13.3 Å². The van der Waals surface area contributed by atoms with E-state index in [1.165, 1.54) is 6.92 Å². The van der Waals surface area contributed by atoms with Gasteiger partial charge >= 0.3 is 5.97 Å². The van der Waals surface area contributed by atoms with E-state index >= 15 is 0 Å². The third kappa shape index (κ3) is 9.65. The highest BCUT2D eigenvalue weighted by Gasteiger charge is 2.23. The predicted molar refractivity (Wildman–Crippen MR) is 94.3 cm³/mol. The van der Waals surface area contributed by atoms with Crippen LogP contribution in [0.3, 0.4) is 0 Å². The number of esters is 1. The van der Waals surface area contributed by atoms with E-state index in [9.17, 15) is 33.6 Å². The lowest BCUT2D eigenvalue weighted by atomic mass is 10.3. The van der Waals surface area contributed by atoms with Gasteiger partial charge in [0.1, 0.15) is 0 Å². The highest BCUT2D eigenvalue weighted by atomic mass is 16.5. The number of imide groups is 1. The summed E-state index contributed by atoms with van der Waals surface area (Å²) >= 11 is 0. The third-order valence-corrected chi connectivity index (χ3v) is 3.35. The first-order chi connectivity index (χ1) is 13.7. The molecule has 0 saturated carbocycles. The molecular formula is C16H21N5O8. The molecule has 0 fully saturated rings. The van der Waals surface area contributed by atoms with Crippen molar-refractivity contribution >= 4 is 41.4 Å². The standard InChI is InChI=1S/C16H21N5O8/c1-10(22)29-9-20-14(26)8-19-13(25)7-18-12(24)6-17-11(23)4-5-21-15(27)2-3-16(21)28/h2-3H,4-9H2,1H3,(H,17,23)(H,18,24)(H,19,25)(H,20,26). The third-order valence-electron chi connectivity index (χ3n) is 3.35. The molecule has 0 unspecified atom stereocenters. The lowest BCUT2D eigenvalue weighted by molar-refractivity contribution is -0.143. The van der Waals surface area contributed by atoms with E-state index < -0.39 is 54.5 Å². The second kappa shape index (κ2) is 11.8. The Balaban J connectivity index is 2.12. The van der Waals surface area contributed by atoms with Gasteiger partial charge in [-0.1, -0.05) is 0 Å². The molecule has 0 saturated heterocycles. The highest BCUT2D eigenvalue weighted by molar-refractivity contribution is 6.13. The average molecular weight is 411 g/mol. The Kier molecular flexibility index (Phi) is 9.50. The number of nitrogens with zero attached hydrogens (tertiary/aromatic N) is 1. The molecule has 13 nitrogen and oxygen atoms in total. The number of nitrogens with one attached hydrogen (secondary N) is 4. The molecule has 0 aromatic rings. The minimum absolute atomic E-state index is 0.111. The molecule has 6 amide bonds. The van der Waals surface area contributed by atoms with Crippen LogP contribution in [0, 0.1) is 0 Å². The van der Waals surface area contributed by atoms with Crippen LogP contribution < -0.4 is 21.3 Å². The Bertz CT molecular complexity index is 715. The van der Waals surface area contributed by atoms with E-state index in [2.05, 4.69) is 26.0 Å². The van der Waals surface area contributed by atoms with E-state index in [0.717, 1.165) is 17.1 Å². The van der Waals surface area contributed by atoms with Gasteiger partial charge in [-0.15, -0.1) is 0 Å².